The Bertz CT molecular complexity index is 552. The van der Waals surface area contributed by atoms with E-state index in [4.69, 9.17) is 10.5 Å². The van der Waals surface area contributed by atoms with Gasteiger partial charge in [-0.1, -0.05) is 19.4 Å². The van der Waals surface area contributed by atoms with Crippen LogP contribution < -0.4 is 5.73 Å². The van der Waals surface area contributed by atoms with Gasteiger partial charge in [0.2, 0.25) is 0 Å². The molecular formula is C14H16N2O2S. The van der Waals surface area contributed by atoms with E-state index in [1.54, 1.807) is 12.3 Å². The van der Waals surface area contributed by atoms with E-state index >= 15 is 0 Å². The van der Waals surface area contributed by atoms with Gasteiger partial charge in [0.05, 0.1) is 22.7 Å². The number of nitrogen functional groups attached to an aromatic ring is 1. The third-order valence-electron chi connectivity index (χ3n) is 2.63. The molecule has 0 aliphatic heterocycles. The molecule has 0 fully saturated rings. The van der Waals surface area contributed by atoms with Crippen LogP contribution in [0.4, 0.5) is 5.00 Å². The zero-order valence-corrected chi connectivity index (χ0v) is 11.6. The maximum absolute atomic E-state index is 11.9. The van der Waals surface area contributed by atoms with Crippen LogP contribution in [0.5, 0.6) is 0 Å². The fraction of sp³-hybridized carbons (Fsp3) is 0.286. The highest BCUT2D eigenvalue weighted by atomic mass is 32.1. The molecule has 0 amide bonds. The number of carbonyl (C=O) groups excluding carboxylic acids is 1. The van der Waals surface area contributed by atoms with Gasteiger partial charge < -0.3 is 10.5 Å². The average Bonchev–Trinajstić information content (AvgIpc) is 2.82. The highest BCUT2D eigenvalue weighted by Gasteiger charge is 2.16. The molecule has 5 heteroatoms. The van der Waals surface area contributed by atoms with Crippen LogP contribution in [0, 0.1) is 0 Å². The van der Waals surface area contributed by atoms with Crippen molar-refractivity contribution in [2.45, 2.75) is 19.8 Å². The predicted octanol–water partition coefficient (Wildman–Crippen LogP) is 3.35. The van der Waals surface area contributed by atoms with E-state index in [-0.39, 0.29) is 5.97 Å². The monoisotopic (exact) mass is 276 g/mol. The summed E-state index contributed by atoms with van der Waals surface area (Å²) in [6.45, 7) is 2.48. The Hall–Kier alpha value is -1.88. The van der Waals surface area contributed by atoms with Crippen molar-refractivity contribution in [3.05, 3.63) is 36.0 Å². The molecule has 2 rings (SSSR count). The average molecular weight is 276 g/mol. The number of carbonyl (C=O) groups is 1. The van der Waals surface area contributed by atoms with Gasteiger partial charge in [-0.25, -0.2) is 4.79 Å². The maximum Gasteiger partial charge on any atom is 0.341 e. The van der Waals surface area contributed by atoms with E-state index < -0.39 is 0 Å². The van der Waals surface area contributed by atoms with Crippen LogP contribution in [0.1, 0.15) is 30.1 Å². The second-order valence-corrected chi connectivity index (χ2v) is 5.18. The summed E-state index contributed by atoms with van der Waals surface area (Å²) in [7, 11) is 0. The highest BCUT2D eigenvalue weighted by Crippen LogP contribution is 2.32. The van der Waals surface area contributed by atoms with Crippen LogP contribution in [0.2, 0.25) is 0 Å². The largest absolute Gasteiger partial charge is 0.462 e. The number of ether oxygens (including phenoxy) is 1. The molecule has 0 aliphatic carbocycles. The first-order valence-electron chi connectivity index (χ1n) is 6.20. The van der Waals surface area contributed by atoms with E-state index in [0.717, 1.165) is 23.4 Å². The van der Waals surface area contributed by atoms with Crippen LogP contribution in [-0.4, -0.2) is 17.6 Å². The van der Waals surface area contributed by atoms with Gasteiger partial charge in [0.25, 0.3) is 0 Å². The molecule has 0 atom stereocenters. The van der Waals surface area contributed by atoms with Crippen LogP contribution in [-0.2, 0) is 4.74 Å². The molecule has 0 saturated heterocycles. The van der Waals surface area contributed by atoms with E-state index in [2.05, 4.69) is 4.98 Å². The van der Waals surface area contributed by atoms with Crippen LogP contribution in [0.15, 0.2) is 30.5 Å². The Balaban J connectivity index is 2.15. The molecule has 19 heavy (non-hydrogen) atoms. The van der Waals surface area contributed by atoms with E-state index in [1.807, 2.05) is 25.1 Å². The highest BCUT2D eigenvalue weighted by molar-refractivity contribution is 7.19. The van der Waals surface area contributed by atoms with Gasteiger partial charge in [0.15, 0.2) is 0 Å². The number of pyridine rings is 1. The second-order valence-electron chi connectivity index (χ2n) is 4.09. The Morgan fingerprint density at radius 3 is 3.00 bits per heavy atom. The Labute approximate surface area is 116 Å². The van der Waals surface area contributed by atoms with Crippen molar-refractivity contribution in [1.29, 1.82) is 0 Å². The normalized spacial score (nSPS) is 10.4. The van der Waals surface area contributed by atoms with Gasteiger partial charge in [-0.15, -0.1) is 11.3 Å². The van der Waals surface area contributed by atoms with Crippen molar-refractivity contribution >= 4 is 22.3 Å². The summed E-state index contributed by atoms with van der Waals surface area (Å²) in [6, 6.07) is 7.38. The summed E-state index contributed by atoms with van der Waals surface area (Å²) < 4.78 is 5.17. The SMILES string of the molecule is CCCCOC(=O)c1cc(-c2ccccn2)sc1N. The first kappa shape index (κ1) is 13.5. The molecule has 0 saturated carbocycles. The smallest absolute Gasteiger partial charge is 0.341 e. The lowest BCUT2D eigenvalue weighted by Gasteiger charge is -2.02. The van der Waals surface area contributed by atoms with Gasteiger partial charge in [-0.2, -0.15) is 0 Å². The first-order valence-corrected chi connectivity index (χ1v) is 7.02. The Morgan fingerprint density at radius 2 is 2.32 bits per heavy atom. The summed E-state index contributed by atoms with van der Waals surface area (Å²) in [5, 5.41) is 0.474. The van der Waals surface area contributed by atoms with E-state index in [1.165, 1.54) is 11.3 Å². The second kappa shape index (κ2) is 6.33. The number of nitrogens with two attached hydrogens (primary N) is 1. The van der Waals surface area contributed by atoms with Gasteiger partial charge in [0.1, 0.15) is 5.00 Å². The van der Waals surface area contributed by atoms with E-state index in [0.29, 0.717) is 17.2 Å². The van der Waals surface area contributed by atoms with Crippen molar-refractivity contribution in [1.82, 2.24) is 4.98 Å². The van der Waals surface area contributed by atoms with Crippen molar-refractivity contribution in [3.8, 4) is 10.6 Å². The lowest BCUT2D eigenvalue weighted by atomic mass is 10.2. The van der Waals surface area contributed by atoms with Crippen molar-refractivity contribution in [3.63, 3.8) is 0 Å². The topological polar surface area (TPSA) is 65.2 Å². The van der Waals surface area contributed by atoms with Gasteiger partial charge in [-0.3, -0.25) is 4.98 Å². The predicted molar refractivity (Wildman–Crippen MR) is 77.2 cm³/mol. The van der Waals surface area contributed by atoms with Crippen LogP contribution in [0.25, 0.3) is 10.6 Å². The molecule has 0 spiro atoms. The molecule has 0 aromatic carbocycles. The molecule has 100 valence electrons. The van der Waals surface area contributed by atoms with E-state index in [9.17, 15) is 4.79 Å². The fourth-order valence-electron chi connectivity index (χ4n) is 1.59. The summed E-state index contributed by atoms with van der Waals surface area (Å²) in [6.07, 6.45) is 3.57. The zero-order valence-electron chi connectivity index (χ0n) is 10.8. The molecule has 2 N–H and O–H groups in total. The minimum Gasteiger partial charge on any atom is -0.462 e. The molecule has 0 bridgehead atoms. The molecule has 2 heterocycles. The summed E-state index contributed by atoms with van der Waals surface area (Å²) in [4.78, 5) is 17.0. The number of anilines is 1. The molecule has 0 aliphatic rings. The van der Waals surface area contributed by atoms with Gasteiger partial charge in [0, 0.05) is 6.20 Å². The number of hydrogen-bond acceptors (Lipinski definition) is 5. The minimum atomic E-state index is -0.357. The summed E-state index contributed by atoms with van der Waals surface area (Å²) in [5.74, 6) is -0.357. The van der Waals surface area contributed by atoms with Crippen LogP contribution >= 0.6 is 11.3 Å². The lowest BCUT2D eigenvalue weighted by molar-refractivity contribution is 0.0501. The summed E-state index contributed by atoms with van der Waals surface area (Å²) >= 11 is 1.35. The van der Waals surface area contributed by atoms with Crippen molar-refractivity contribution < 1.29 is 9.53 Å². The van der Waals surface area contributed by atoms with Crippen molar-refractivity contribution in [2.24, 2.45) is 0 Å². The number of unbranched alkanes of at least 4 members (excludes halogenated alkanes) is 1. The Kier molecular flexibility index (Phi) is 4.52. The molecule has 4 nitrogen and oxygen atoms in total. The molecule has 2 aromatic rings. The number of rotatable bonds is 5. The Morgan fingerprint density at radius 1 is 1.47 bits per heavy atom. The molecular weight excluding hydrogens is 260 g/mol. The fourth-order valence-corrected chi connectivity index (χ4v) is 2.48. The minimum absolute atomic E-state index is 0.357. The molecule has 2 aromatic heterocycles. The van der Waals surface area contributed by atoms with Crippen molar-refractivity contribution in [2.75, 3.05) is 12.3 Å². The quantitative estimate of drug-likeness (QED) is 0.672. The summed E-state index contributed by atoms with van der Waals surface area (Å²) in [5.41, 5.74) is 7.12. The third kappa shape index (κ3) is 3.32. The van der Waals surface area contributed by atoms with Crippen LogP contribution in [0.3, 0.4) is 0 Å². The maximum atomic E-state index is 11.9. The van der Waals surface area contributed by atoms with Gasteiger partial charge >= 0.3 is 5.97 Å². The third-order valence-corrected chi connectivity index (χ3v) is 3.62. The number of nitrogens with zero attached hydrogens (tertiary/aromatic N) is 1. The molecule has 0 unspecified atom stereocenters. The number of thiophene rings is 1. The standard InChI is InChI=1S/C14H16N2O2S/c1-2-3-8-18-14(17)10-9-12(19-13(10)15)11-6-4-5-7-16-11/h4-7,9H,2-3,8,15H2,1H3. The number of aromatic nitrogens is 1. The zero-order chi connectivity index (χ0) is 13.7. The first-order chi connectivity index (χ1) is 9.22. The van der Waals surface area contributed by atoms with Gasteiger partial charge in [-0.05, 0) is 24.6 Å². The number of esters is 1. The molecule has 0 radical (unpaired) electrons. The lowest BCUT2D eigenvalue weighted by Crippen LogP contribution is -2.07. The number of hydrogen-bond donors (Lipinski definition) is 1.